The maximum Gasteiger partial charge on any atom is 0.275 e. The van der Waals surface area contributed by atoms with Crippen LogP contribution in [0.3, 0.4) is 0 Å². The van der Waals surface area contributed by atoms with Crippen LogP contribution in [-0.4, -0.2) is 18.1 Å². The number of halogens is 2. The van der Waals surface area contributed by atoms with Gasteiger partial charge in [-0.25, -0.2) is 0 Å². The molecule has 0 aliphatic heterocycles. The Morgan fingerprint density at radius 3 is 2.50 bits per heavy atom. The number of likely N-dealkylation sites (N-methyl/N-ethyl adjacent to an activating group) is 1. The Bertz CT molecular complexity index is 523. The lowest BCUT2D eigenvalue weighted by atomic mass is 10.3. The summed E-state index contributed by atoms with van der Waals surface area (Å²) in [5.74, 6) is -0.753. The molecule has 1 amide bonds. The van der Waals surface area contributed by atoms with E-state index in [-0.39, 0.29) is 11.5 Å². The summed E-state index contributed by atoms with van der Waals surface area (Å²) in [5, 5.41) is 19.9. The highest BCUT2D eigenvalue weighted by Gasteiger charge is 2.10. The fourth-order valence-electron chi connectivity index (χ4n) is 1.06. The zero-order valence-corrected chi connectivity index (χ0v) is 11.2. The minimum absolute atomic E-state index is 0.163. The van der Waals surface area contributed by atoms with E-state index in [2.05, 4.69) is 15.5 Å². The van der Waals surface area contributed by atoms with Crippen molar-refractivity contribution in [1.82, 2.24) is 5.32 Å². The number of amides is 1. The van der Waals surface area contributed by atoms with Crippen molar-refractivity contribution in [2.24, 2.45) is 10.2 Å². The van der Waals surface area contributed by atoms with Gasteiger partial charge in [0.15, 0.2) is 5.70 Å². The minimum atomic E-state index is -0.529. The third kappa shape index (κ3) is 3.72. The van der Waals surface area contributed by atoms with Crippen LogP contribution in [0.4, 0.5) is 5.69 Å². The molecule has 0 heterocycles. The summed E-state index contributed by atoms with van der Waals surface area (Å²) in [7, 11) is 1.43. The van der Waals surface area contributed by atoms with Crippen LogP contribution in [-0.2, 0) is 4.79 Å². The summed E-state index contributed by atoms with van der Waals surface area (Å²) in [6, 6.07) is 4.65. The molecule has 1 rings (SSSR count). The molecule has 0 fully saturated rings. The first-order valence-corrected chi connectivity index (χ1v) is 5.70. The molecule has 0 aliphatic carbocycles. The molecule has 0 atom stereocenters. The van der Waals surface area contributed by atoms with Gasteiger partial charge in [0.1, 0.15) is 5.76 Å². The first kappa shape index (κ1) is 14.5. The fourth-order valence-corrected chi connectivity index (χ4v) is 1.35. The number of azo groups is 1. The lowest BCUT2D eigenvalue weighted by Crippen LogP contribution is -2.20. The second-order valence-electron chi connectivity index (χ2n) is 3.31. The van der Waals surface area contributed by atoms with Crippen LogP contribution in [0.5, 0.6) is 0 Å². The fraction of sp³-hybridized carbons (Fsp3) is 0.182. The Morgan fingerprint density at radius 2 is 2.00 bits per heavy atom. The lowest BCUT2D eigenvalue weighted by Gasteiger charge is -2.00. The number of hydrogen-bond donors (Lipinski definition) is 2. The highest BCUT2D eigenvalue weighted by molar-refractivity contribution is 6.42. The summed E-state index contributed by atoms with van der Waals surface area (Å²) >= 11 is 11.6. The molecule has 1 aromatic carbocycles. The van der Waals surface area contributed by atoms with Gasteiger partial charge in [-0.1, -0.05) is 23.2 Å². The molecular weight excluding hydrogens is 277 g/mol. The monoisotopic (exact) mass is 287 g/mol. The highest BCUT2D eigenvalue weighted by atomic mass is 35.5. The maximum absolute atomic E-state index is 11.4. The quantitative estimate of drug-likeness (QED) is 0.506. The van der Waals surface area contributed by atoms with Crippen LogP contribution in [0.1, 0.15) is 6.92 Å². The number of carbonyl (C=O) groups excluding carboxylic acids is 1. The molecule has 18 heavy (non-hydrogen) atoms. The second kappa shape index (κ2) is 6.37. The average molecular weight is 288 g/mol. The third-order valence-corrected chi connectivity index (χ3v) is 2.69. The van der Waals surface area contributed by atoms with Crippen LogP contribution < -0.4 is 5.32 Å². The van der Waals surface area contributed by atoms with Crippen LogP contribution in [0.15, 0.2) is 39.9 Å². The Balaban J connectivity index is 3.01. The summed E-state index contributed by atoms with van der Waals surface area (Å²) in [6.07, 6.45) is 0. The average Bonchev–Trinajstić information content (AvgIpc) is 2.33. The third-order valence-electron chi connectivity index (χ3n) is 1.95. The van der Waals surface area contributed by atoms with Gasteiger partial charge in [-0.3, -0.25) is 4.79 Å². The summed E-state index contributed by atoms with van der Waals surface area (Å²) in [6.45, 7) is 1.35. The number of benzene rings is 1. The molecule has 0 radical (unpaired) electrons. The van der Waals surface area contributed by atoms with Crippen LogP contribution in [0.25, 0.3) is 0 Å². The van der Waals surface area contributed by atoms with Crippen molar-refractivity contribution >= 4 is 34.8 Å². The van der Waals surface area contributed by atoms with E-state index in [9.17, 15) is 9.90 Å². The van der Waals surface area contributed by atoms with Gasteiger partial charge in [0.2, 0.25) is 0 Å². The molecule has 0 saturated carbocycles. The maximum atomic E-state index is 11.4. The molecule has 7 heteroatoms. The van der Waals surface area contributed by atoms with Gasteiger partial charge in [0.25, 0.3) is 5.91 Å². The van der Waals surface area contributed by atoms with E-state index >= 15 is 0 Å². The van der Waals surface area contributed by atoms with E-state index in [1.165, 1.54) is 20.0 Å². The van der Waals surface area contributed by atoms with Crippen LogP contribution in [0.2, 0.25) is 10.0 Å². The van der Waals surface area contributed by atoms with E-state index in [0.29, 0.717) is 15.7 Å². The first-order chi connectivity index (χ1) is 8.45. The van der Waals surface area contributed by atoms with Gasteiger partial charge in [-0.05, 0) is 25.1 Å². The number of aliphatic hydroxyl groups excluding tert-OH is 1. The van der Waals surface area contributed by atoms with Crippen molar-refractivity contribution in [3.05, 3.63) is 39.7 Å². The zero-order valence-electron chi connectivity index (χ0n) is 9.74. The molecule has 0 bridgehead atoms. The molecule has 96 valence electrons. The molecule has 0 unspecified atom stereocenters. The van der Waals surface area contributed by atoms with Crippen molar-refractivity contribution < 1.29 is 9.90 Å². The van der Waals surface area contributed by atoms with Crippen LogP contribution in [0, 0.1) is 0 Å². The zero-order chi connectivity index (χ0) is 13.7. The first-order valence-electron chi connectivity index (χ1n) is 4.94. The van der Waals surface area contributed by atoms with Crippen molar-refractivity contribution in [2.45, 2.75) is 6.92 Å². The molecule has 0 aromatic heterocycles. The Labute approximate surface area is 114 Å². The summed E-state index contributed by atoms with van der Waals surface area (Å²) in [5.41, 5.74) is 0.260. The van der Waals surface area contributed by atoms with Crippen molar-refractivity contribution in [2.75, 3.05) is 7.05 Å². The van der Waals surface area contributed by atoms with Gasteiger partial charge in [-0.2, -0.15) is 5.11 Å². The smallest absolute Gasteiger partial charge is 0.275 e. The van der Waals surface area contributed by atoms with E-state index in [4.69, 9.17) is 23.2 Å². The SMILES string of the molecule is CNC(=O)/C(N=Nc1ccc(Cl)c(Cl)c1)=C(/C)O. The summed E-state index contributed by atoms with van der Waals surface area (Å²) < 4.78 is 0. The van der Waals surface area contributed by atoms with E-state index < -0.39 is 5.91 Å². The number of hydrogen-bond acceptors (Lipinski definition) is 4. The Kier molecular flexibility index (Phi) is 5.12. The highest BCUT2D eigenvalue weighted by Crippen LogP contribution is 2.27. The molecule has 0 spiro atoms. The normalized spacial score (nSPS) is 12.4. The number of aliphatic hydroxyl groups is 1. The Morgan fingerprint density at radius 1 is 1.33 bits per heavy atom. The molecule has 5 nitrogen and oxygen atoms in total. The van der Waals surface area contributed by atoms with E-state index in [0.717, 1.165) is 0 Å². The number of rotatable bonds is 3. The molecule has 0 aliphatic rings. The number of carbonyl (C=O) groups is 1. The standard InChI is InChI=1S/C11H11Cl2N3O2/c1-6(17)10(11(18)14-2)16-15-7-3-4-8(12)9(13)5-7/h3-5,17H,1-2H3,(H,14,18)/b10-6+,16-15?. The number of nitrogens with zero attached hydrogens (tertiary/aromatic N) is 2. The molecule has 0 saturated heterocycles. The van der Waals surface area contributed by atoms with Crippen molar-refractivity contribution in [3.63, 3.8) is 0 Å². The van der Waals surface area contributed by atoms with Crippen molar-refractivity contribution in [1.29, 1.82) is 0 Å². The predicted octanol–water partition coefficient (Wildman–Crippen LogP) is 3.61. The van der Waals surface area contributed by atoms with Gasteiger partial charge >= 0.3 is 0 Å². The van der Waals surface area contributed by atoms with E-state index in [1.54, 1.807) is 12.1 Å². The minimum Gasteiger partial charge on any atom is -0.510 e. The van der Waals surface area contributed by atoms with Gasteiger partial charge in [0.05, 0.1) is 15.7 Å². The van der Waals surface area contributed by atoms with Gasteiger partial charge < -0.3 is 10.4 Å². The van der Waals surface area contributed by atoms with Gasteiger partial charge in [0, 0.05) is 7.05 Å². The predicted molar refractivity (Wildman–Crippen MR) is 70.4 cm³/mol. The Hall–Kier alpha value is -1.59. The largest absolute Gasteiger partial charge is 0.510 e. The number of allylic oxidation sites excluding steroid dienone is 1. The van der Waals surface area contributed by atoms with Gasteiger partial charge in [-0.15, -0.1) is 5.11 Å². The molecular formula is C11H11Cl2N3O2. The number of nitrogens with one attached hydrogen (secondary N) is 1. The lowest BCUT2D eigenvalue weighted by molar-refractivity contribution is -0.117. The molecule has 2 N–H and O–H groups in total. The van der Waals surface area contributed by atoms with E-state index in [1.807, 2.05) is 0 Å². The topological polar surface area (TPSA) is 74.0 Å². The summed E-state index contributed by atoms with van der Waals surface area (Å²) in [4.78, 5) is 11.4. The second-order valence-corrected chi connectivity index (χ2v) is 4.13. The van der Waals surface area contributed by atoms with Crippen LogP contribution >= 0.6 is 23.2 Å². The van der Waals surface area contributed by atoms with Crippen molar-refractivity contribution in [3.8, 4) is 0 Å². The molecule has 1 aromatic rings.